The van der Waals surface area contributed by atoms with E-state index in [2.05, 4.69) is 4.98 Å². The van der Waals surface area contributed by atoms with Crippen LogP contribution in [0.1, 0.15) is 15.9 Å². The summed E-state index contributed by atoms with van der Waals surface area (Å²) in [5.74, 6) is -0.382. The van der Waals surface area contributed by atoms with Gasteiger partial charge in [0.25, 0.3) is 0 Å². The van der Waals surface area contributed by atoms with Gasteiger partial charge in [0.05, 0.1) is 18.2 Å². The molecule has 5 heteroatoms. The summed E-state index contributed by atoms with van der Waals surface area (Å²) in [5, 5.41) is 1.96. The summed E-state index contributed by atoms with van der Waals surface area (Å²) >= 11 is 12.3. The maximum atomic E-state index is 11.9. The molecule has 0 aliphatic heterocycles. The molecule has 1 aromatic heterocycles. The maximum absolute atomic E-state index is 11.9. The SMILES string of the molecule is COC(=O)c1cc(C)c2nccc(-c3ccc(Cl)cc3Cl)c2c1. The Morgan fingerprint density at radius 3 is 2.57 bits per heavy atom. The molecule has 2 aromatic carbocycles. The van der Waals surface area contributed by atoms with Crippen LogP contribution in [0, 0.1) is 6.92 Å². The van der Waals surface area contributed by atoms with Gasteiger partial charge in [-0.2, -0.15) is 0 Å². The highest BCUT2D eigenvalue weighted by atomic mass is 35.5. The van der Waals surface area contributed by atoms with Crippen LogP contribution in [0.15, 0.2) is 42.6 Å². The first-order chi connectivity index (χ1) is 11.0. The summed E-state index contributed by atoms with van der Waals surface area (Å²) in [5.41, 5.74) is 3.93. The Hall–Kier alpha value is -2.10. The Balaban J connectivity index is 2.33. The lowest BCUT2D eigenvalue weighted by Gasteiger charge is -2.11. The van der Waals surface area contributed by atoms with Crippen LogP contribution in [0.4, 0.5) is 0 Å². The molecule has 0 saturated heterocycles. The van der Waals surface area contributed by atoms with Crippen LogP contribution in [-0.2, 0) is 4.74 Å². The van der Waals surface area contributed by atoms with E-state index in [0.717, 1.165) is 27.6 Å². The minimum atomic E-state index is -0.382. The van der Waals surface area contributed by atoms with Crippen molar-refractivity contribution in [2.45, 2.75) is 6.92 Å². The summed E-state index contributed by atoms with van der Waals surface area (Å²) in [7, 11) is 1.36. The number of methoxy groups -OCH3 is 1. The number of benzene rings is 2. The van der Waals surface area contributed by atoms with Gasteiger partial charge in [0.15, 0.2) is 0 Å². The number of fused-ring (bicyclic) bond motifs is 1. The molecule has 3 rings (SSSR count). The first-order valence-corrected chi connectivity index (χ1v) is 7.70. The van der Waals surface area contributed by atoms with Gasteiger partial charge in [-0.05, 0) is 48.4 Å². The zero-order valence-electron chi connectivity index (χ0n) is 12.6. The fraction of sp³-hybridized carbons (Fsp3) is 0.111. The molecule has 0 fully saturated rings. The molecule has 0 amide bonds. The smallest absolute Gasteiger partial charge is 0.337 e. The van der Waals surface area contributed by atoms with Crippen molar-refractivity contribution in [3.8, 4) is 11.1 Å². The van der Waals surface area contributed by atoms with Crippen LogP contribution in [-0.4, -0.2) is 18.1 Å². The molecule has 0 atom stereocenters. The molecule has 116 valence electrons. The molecular weight excluding hydrogens is 333 g/mol. The third kappa shape index (κ3) is 2.90. The Kier molecular flexibility index (Phi) is 4.24. The Labute approximate surface area is 143 Å². The number of carbonyl (C=O) groups excluding carboxylic acids is 1. The van der Waals surface area contributed by atoms with Crippen LogP contribution >= 0.6 is 23.2 Å². The number of halogens is 2. The molecule has 0 unspecified atom stereocenters. The van der Waals surface area contributed by atoms with E-state index in [0.29, 0.717) is 15.6 Å². The molecular formula is C18H13Cl2NO2. The van der Waals surface area contributed by atoms with Crippen molar-refractivity contribution in [2.75, 3.05) is 7.11 Å². The average molecular weight is 346 g/mol. The van der Waals surface area contributed by atoms with Crippen molar-refractivity contribution < 1.29 is 9.53 Å². The third-order valence-electron chi connectivity index (χ3n) is 3.68. The number of pyridine rings is 1. The monoisotopic (exact) mass is 345 g/mol. The molecule has 0 bridgehead atoms. The van der Waals surface area contributed by atoms with Crippen LogP contribution in [0.2, 0.25) is 10.0 Å². The number of aromatic nitrogens is 1. The Morgan fingerprint density at radius 1 is 1.09 bits per heavy atom. The lowest BCUT2D eigenvalue weighted by Crippen LogP contribution is -2.02. The van der Waals surface area contributed by atoms with E-state index >= 15 is 0 Å². The van der Waals surface area contributed by atoms with E-state index in [4.69, 9.17) is 27.9 Å². The highest BCUT2D eigenvalue weighted by Crippen LogP contribution is 2.35. The lowest BCUT2D eigenvalue weighted by atomic mass is 9.97. The van der Waals surface area contributed by atoms with Crippen molar-refractivity contribution in [3.63, 3.8) is 0 Å². The summed E-state index contributed by atoms with van der Waals surface area (Å²) in [4.78, 5) is 16.3. The van der Waals surface area contributed by atoms with E-state index in [-0.39, 0.29) is 5.97 Å². The van der Waals surface area contributed by atoms with Crippen molar-refractivity contribution in [2.24, 2.45) is 0 Å². The molecule has 1 heterocycles. The van der Waals surface area contributed by atoms with Gasteiger partial charge < -0.3 is 4.74 Å². The van der Waals surface area contributed by atoms with E-state index in [1.165, 1.54) is 7.11 Å². The van der Waals surface area contributed by atoms with Crippen molar-refractivity contribution in [1.82, 2.24) is 4.98 Å². The van der Waals surface area contributed by atoms with Gasteiger partial charge in [-0.25, -0.2) is 4.79 Å². The average Bonchev–Trinajstić information content (AvgIpc) is 2.54. The second-order valence-corrected chi connectivity index (χ2v) is 6.01. The van der Waals surface area contributed by atoms with Gasteiger partial charge in [-0.3, -0.25) is 4.98 Å². The van der Waals surface area contributed by atoms with Gasteiger partial charge in [-0.15, -0.1) is 0 Å². The van der Waals surface area contributed by atoms with Crippen LogP contribution < -0.4 is 0 Å². The standard InChI is InChI=1S/C18H13Cl2NO2/c1-10-7-11(18(22)23-2)8-15-13(5-6-21-17(10)15)14-4-3-12(19)9-16(14)20/h3-9H,1-2H3. The topological polar surface area (TPSA) is 39.2 Å². The predicted octanol–water partition coefficient (Wildman–Crippen LogP) is 5.30. The number of esters is 1. The number of carbonyl (C=O) groups is 1. The fourth-order valence-electron chi connectivity index (χ4n) is 2.61. The van der Waals surface area contributed by atoms with Crippen molar-refractivity contribution in [1.29, 1.82) is 0 Å². The number of rotatable bonds is 2. The number of aryl methyl sites for hydroxylation is 1. The summed E-state index contributed by atoms with van der Waals surface area (Å²) in [6, 6.07) is 10.8. The van der Waals surface area contributed by atoms with E-state index in [1.54, 1.807) is 30.5 Å². The summed E-state index contributed by atoms with van der Waals surface area (Å²) in [6.07, 6.45) is 1.73. The van der Waals surface area contributed by atoms with Crippen molar-refractivity contribution >= 4 is 40.1 Å². The maximum Gasteiger partial charge on any atom is 0.337 e. The number of hydrogen-bond acceptors (Lipinski definition) is 3. The van der Waals surface area contributed by atoms with Gasteiger partial charge in [-0.1, -0.05) is 29.3 Å². The fourth-order valence-corrected chi connectivity index (χ4v) is 3.12. The van der Waals surface area contributed by atoms with Gasteiger partial charge >= 0.3 is 5.97 Å². The summed E-state index contributed by atoms with van der Waals surface area (Å²) < 4.78 is 4.82. The van der Waals surface area contributed by atoms with Crippen LogP contribution in [0.25, 0.3) is 22.0 Å². The van der Waals surface area contributed by atoms with Crippen LogP contribution in [0.5, 0.6) is 0 Å². The first kappa shape index (κ1) is 15.8. The molecule has 0 spiro atoms. The molecule has 0 radical (unpaired) electrons. The normalized spacial score (nSPS) is 10.8. The summed E-state index contributed by atoms with van der Waals surface area (Å²) in [6.45, 7) is 1.91. The minimum Gasteiger partial charge on any atom is -0.465 e. The second kappa shape index (κ2) is 6.19. The predicted molar refractivity (Wildman–Crippen MR) is 93.3 cm³/mol. The van der Waals surface area contributed by atoms with Gasteiger partial charge in [0.2, 0.25) is 0 Å². The zero-order chi connectivity index (χ0) is 16.6. The molecule has 0 saturated carbocycles. The number of nitrogens with zero attached hydrogens (tertiary/aromatic N) is 1. The molecule has 0 N–H and O–H groups in total. The second-order valence-electron chi connectivity index (χ2n) is 5.16. The molecule has 3 aromatic rings. The number of hydrogen-bond donors (Lipinski definition) is 0. The molecule has 3 nitrogen and oxygen atoms in total. The highest BCUT2D eigenvalue weighted by Gasteiger charge is 2.14. The quantitative estimate of drug-likeness (QED) is 0.591. The highest BCUT2D eigenvalue weighted by molar-refractivity contribution is 6.36. The number of ether oxygens (including phenoxy) is 1. The minimum absolute atomic E-state index is 0.382. The molecule has 23 heavy (non-hydrogen) atoms. The largest absolute Gasteiger partial charge is 0.465 e. The molecule has 0 aliphatic carbocycles. The molecule has 0 aliphatic rings. The lowest BCUT2D eigenvalue weighted by molar-refractivity contribution is 0.0601. The third-order valence-corrected chi connectivity index (χ3v) is 4.23. The zero-order valence-corrected chi connectivity index (χ0v) is 14.1. The van der Waals surface area contributed by atoms with Crippen LogP contribution in [0.3, 0.4) is 0 Å². The first-order valence-electron chi connectivity index (χ1n) is 6.94. The van der Waals surface area contributed by atoms with Crippen molar-refractivity contribution in [3.05, 3.63) is 63.8 Å². The Morgan fingerprint density at radius 2 is 1.87 bits per heavy atom. The Bertz CT molecular complexity index is 922. The van der Waals surface area contributed by atoms with E-state index in [1.807, 2.05) is 19.1 Å². The van der Waals surface area contributed by atoms with E-state index in [9.17, 15) is 4.79 Å². The van der Waals surface area contributed by atoms with Gasteiger partial charge in [0.1, 0.15) is 0 Å². The van der Waals surface area contributed by atoms with E-state index < -0.39 is 0 Å². The van der Waals surface area contributed by atoms with Gasteiger partial charge in [0, 0.05) is 27.2 Å².